The van der Waals surface area contributed by atoms with E-state index in [9.17, 15) is 25.0 Å². The minimum Gasteiger partial charge on any atom is -0.267 e. The van der Waals surface area contributed by atoms with Gasteiger partial charge < -0.3 is 0 Å². The van der Waals surface area contributed by atoms with Crippen LogP contribution in [-0.2, 0) is 0 Å². The third-order valence-electron chi connectivity index (χ3n) is 2.53. The third-order valence-corrected chi connectivity index (χ3v) is 2.53. The van der Waals surface area contributed by atoms with E-state index in [-0.39, 0.29) is 11.4 Å². The molecule has 112 valence electrons. The summed E-state index contributed by atoms with van der Waals surface area (Å²) in [5.41, 5.74) is 1.72. The summed E-state index contributed by atoms with van der Waals surface area (Å²) >= 11 is 0. The number of amides is 1. The maximum Gasteiger partial charge on any atom is 0.319 e. The molecule has 0 saturated heterocycles. The molecule has 11 nitrogen and oxygen atoms in total. The molecule has 2 N–H and O–H groups in total. The van der Waals surface area contributed by atoms with E-state index in [0.29, 0.717) is 5.56 Å². The molecule has 0 aliphatic heterocycles. The Balaban J connectivity index is 2.02. The number of carbonyl (C=O) groups is 1. The lowest BCUT2D eigenvalue weighted by molar-refractivity contribution is -0.385. The molecule has 1 aromatic carbocycles. The molecule has 0 unspecified atom stereocenters. The highest BCUT2D eigenvalue weighted by Crippen LogP contribution is 2.14. The van der Waals surface area contributed by atoms with Gasteiger partial charge in [-0.25, -0.2) is 5.43 Å². The molecular weight excluding hydrogens is 296 g/mol. The second-order valence-corrected chi connectivity index (χ2v) is 3.94. The molecule has 1 amide bonds. The Labute approximate surface area is 121 Å². The van der Waals surface area contributed by atoms with Crippen molar-refractivity contribution in [1.29, 1.82) is 0 Å². The molecule has 1 heterocycles. The first-order valence-electron chi connectivity index (χ1n) is 5.74. The van der Waals surface area contributed by atoms with Crippen LogP contribution < -0.4 is 5.43 Å². The summed E-state index contributed by atoms with van der Waals surface area (Å²) in [5.74, 6) is -0.831. The van der Waals surface area contributed by atoms with E-state index in [4.69, 9.17) is 0 Å². The number of benzene rings is 1. The second-order valence-electron chi connectivity index (χ2n) is 3.94. The summed E-state index contributed by atoms with van der Waals surface area (Å²) in [4.78, 5) is 31.5. The molecule has 0 fully saturated rings. The standard InChI is InChI=1S/C11H8N6O5/c18-11(10-9(17(21)22)6-13-14-10)15-12-5-7-1-3-8(4-2-7)16(19)20/h1-6H,(H,13,14)(H,15,18)/b12-5+. The number of aromatic nitrogens is 2. The first-order valence-corrected chi connectivity index (χ1v) is 5.74. The minimum atomic E-state index is -0.831. The quantitative estimate of drug-likeness (QED) is 0.476. The number of rotatable bonds is 5. The summed E-state index contributed by atoms with van der Waals surface area (Å²) in [6, 6.07) is 5.44. The summed E-state index contributed by atoms with van der Waals surface area (Å²) in [6.07, 6.45) is 2.15. The van der Waals surface area contributed by atoms with Gasteiger partial charge in [0.15, 0.2) is 0 Å². The van der Waals surface area contributed by atoms with E-state index >= 15 is 0 Å². The Morgan fingerprint density at radius 3 is 2.50 bits per heavy atom. The van der Waals surface area contributed by atoms with Gasteiger partial charge in [0, 0.05) is 12.1 Å². The summed E-state index contributed by atoms with van der Waals surface area (Å²) in [5, 5.41) is 30.4. The number of H-pyrrole nitrogens is 1. The number of nitrogens with zero attached hydrogens (tertiary/aromatic N) is 4. The number of hydrogen-bond donors (Lipinski definition) is 2. The number of hydrazone groups is 1. The van der Waals surface area contributed by atoms with Crippen molar-refractivity contribution in [1.82, 2.24) is 15.6 Å². The van der Waals surface area contributed by atoms with E-state index in [1.165, 1.54) is 30.5 Å². The van der Waals surface area contributed by atoms with Crippen LogP contribution in [0.3, 0.4) is 0 Å². The largest absolute Gasteiger partial charge is 0.319 e. The van der Waals surface area contributed by atoms with Crippen LogP contribution in [0.25, 0.3) is 0 Å². The Hall–Kier alpha value is -3.63. The Kier molecular flexibility index (Phi) is 4.17. The van der Waals surface area contributed by atoms with Crippen LogP contribution >= 0.6 is 0 Å². The molecular formula is C11H8N6O5. The van der Waals surface area contributed by atoms with Crippen LogP contribution in [0.4, 0.5) is 11.4 Å². The number of aromatic amines is 1. The smallest absolute Gasteiger partial charge is 0.267 e. The van der Waals surface area contributed by atoms with Crippen LogP contribution in [-0.4, -0.2) is 32.2 Å². The van der Waals surface area contributed by atoms with Crippen molar-refractivity contribution >= 4 is 23.5 Å². The van der Waals surface area contributed by atoms with Crippen LogP contribution in [0.5, 0.6) is 0 Å². The van der Waals surface area contributed by atoms with E-state index in [1.54, 1.807) is 0 Å². The summed E-state index contributed by atoms with van der Waals surface area (Å²) in [6.45, 7) is 0. The van der Waals surface area contributed by atoms with Gasteiger partial charge in [-0.05, 0) is 17.7 Å². The van der Waals surface area contributed by atoms with Gasteiger partial charge in [0.25, 0.3) is 11.6 Å². The first-order chi connectivity index (χ1) is 10.5. The molecule has 0 aliphatic carbocycles. The van der Waals surface area contributed by atoms with Crippen molar-refractivity contribution < 1.29 is 14.6 Å². The van der Waals surface area contributed by atoms with Crippen LogP contribution in [0.15, 0.2) is 35.6 Å². The highest BCUT2D eigenvalue weighted by Gasteiger charge is 2.22. The highest BCUT2D eigenvalue weighted by atomic mass is 16.6. The molecule has 2 rings (SSSR count). The van der Waals surface area contributed by atoms with Crippen molar-refractivity contribution in [3.63, 3.8) is 0 Å². The van der Waals surface area contributed by atoms with E-state index in [2.05, 4.69) is 20.7 Å². The zero-order valence-electron chi connectivity index (χ0n) is 10.8. The number of hydrogen-bond acceptors (Lipinski definition) is 7. The van der Waals surface area contributed by atoms with Crippen molar-refractivity contribution in [3.05, 3.63) is 61.9 Å². The summed E-state index contributed by atoms with van der Waals surface area (Å²) < 4.78 is 0. The van der Waals surface area contributed by atoms with Gasteiger partial charge in [0.1, 0.15) is 6.20 Å². The van der Waals surface area contributed by atoms with E-state index in [0.717, 1.165) is 6.20 Å². The lowest BCUT2D eigenvalue weighted by atomic mass is 10.2. The van der Waals surface area contributed by atoms with Crippen molar-refractivity contribution in [2.24, 2.45) is 5.10 Å². The molecule has 0 bridgehead atoms. The average Bonchev–Trinajstić information content (AvgIpc) is 2.97. The normalized spacial score (nSPS) is 10.5. The van der Waals surface area contributed by atoms with Crippen molar-refractivity contribution in [2.75, 3.05) is 0 Å². The lowest BCUT2D eigenvalue weighted by Gasteiger charge is -1.96. The predicted octanol–water partition coefficient (Wildman–Crippen LogP) is 0.990. The molecule has 0 saturated carbocycles. The molecule has 0 spiro atoms. The van der Waals surface area contributed by atoms with Gasteiger partial charge in [-0.1, -0.05) is 0 Å². The fraction of sp³-hybridized carbons (Fsp3) is 0. The number of non-ortho nitro benzene ring substituents is 1. The molecule has 0 aliphatic rings. The maximum absolute atomic E-state index is 11.7. The number of nitrogens with one attached hydrogen (secondary N) is 2. The van der Waals surface area contributed by atoms with Gasteiger partial charge in [-0.3, -0.25) is 30.1 Å². The third kappa shape index (κ3) is 3.27. The van der Waals surface area contributed by atoms with Crippen LogP contribution in [0.2, 0.25) is 0 Å². The fourth-order valence-corrected chi connectivity index (χ4v) is 1.49. The van der Waals surface area contributed by atoms with E-state index in [1.807, 2.05) is 0 Å². The highest BCUT2D eigenvalue weighted by molar-refractivity contribution is 5.96. The molecule has 11 heteroatoms. The van der Waals surface area contributed by atoms with Crippen molar-refractivity contribution in [2.45, 2.75) is 0 Å². The second kappa shape index (κ2) is 6.21. The zero-order chi connectivity index (χ0) is 16.1. The molecule has 0 atom stereocenters. The zero-order valence-corrected chi connectivity index (χ0v) is 10.8. The number of nitro benzene ring substituents is 1. The van der Waals surface area contributed by atoms with Gasteiger partial charge in [-0.2, -0.15) is 10.2 Å². The lowest BCUT2D eigenvalue weighted by Crippen LogP contribution is -2.19. The Morgan fingerprint density at radius 2 is 1.91 bits per heavy atom. The van der Waals surface area contributed by atoms with Crippen LogP contribution in [0, 0.1) is 20.2 Å². The Bertz CT molecular complexity index is 751. The number of carbonyl (C=O) groups excluding carboxylic acids is 1. The minimum absolute atomic E-state index is 0.0747. The van der Waals surface area contributed by atoms with Gasteiger partial charge in [0.05, 0.1) is 16.1 Å². The van der Waals surface area contributed by atoms with Gasteiger partial charge in [0.2, 0.25) is 5.69 Å². The Morgan fingerprint density at radius 1 is 1.23 bits per heavy atom. The maximum atomic E-state index is 11.7. The first kappa shape index (κ1) is 14.8. The molecule has 22 heavy (non-hydrogen) atoms. The van der Waals surface area contributed by atoms with Crippen molar-refractivity contribution in [3.8, 4) is 0 Å². The molecule has 1 aromatic heterocycles. The monoisotopic (exact) mass is 304 g/mol. The average molecular weight is 304 g/mol. The van der Waals surface area contributed by atoms with E-state index < -0.39 is 21.4 Å². The molecule has 0 radical (unpaired) electrons. The predicted molar refractivity (Wildman–Crippen MR) is 73.4 cm³/mol. The summed E-state index contributed by atoms with van der Waals surface area (Å²) in [7, 11) is 0. The number of nitro groups is 2. The van der Waals surface area contributed by atoms with Gasteiger partial charge in [-0.15, -0.1) is 0 Å². The van der Waals surface area contributed by atoms with Crippen LogP contribution in [0.1, 0.15) is 16.1 Å². The molecule has 2 aromatic rings. The topological polar surface area (TPSA) is 156 Å². The SMILES string of the molecule is O=C(N/N=C/c1ccc([N+](=O)[O-])cc1)c1[nH]ncc1[N+](=O)[O-]. The fourth-order valence-electron chi connectivity index (χ4n) is 1.49. The van der Waals surface area contributed by atoms with Gasteiger partial charge >= 0.3 is 5.69 Å².